The van der Waals surface area contributed by atoms with Crippen LogP contribution in [0.25, 0.3) is 22.2 Å². The van der Waals surface area contributed by atoms with E-state index in [0.717, 1.165) is 60.7 Å². The largest absolute Gasteiger partial charge is 0.393 e. The van der Waals surface area contributed by atoms with Crippen molar-refractivity contribution >= 4 is 22.7 Å². The molecule has 2 aromatic carbocycles. The van der Waals surface area contributed by atoms with Crippen LogP contribution >= 0.6 is 0 Å². The normalized spacial score (nSPS) is 20.0. The van der Waals surface area contributed by atoms with Gasteiger partial charge in [-0.05, 0) is 93.4 Å². The van der Waals surface area contributed by atoms with E-state index in [2.05, 4.69) is 24.3 Å². The molecule has 2 fully saturated rings. The van der Waals surface area contributed by atoms with Gasteiger partial charge in [0.2, 0.25) is 0 Å². The van der Waals surface area contributed by atoms with E-state index in [9.17, 15) is 14.7 Å². The van der Waals surface area contributed by atoms with Crippen LogP contribution in [0.15, 0.2) is 42.5 Å². The Morgan fingerprint density at radius 2 is 1.78 bits per heavy atom. The van der Waals surface area contributed by atoms with E-state index in [0.29, 0.717) is 24.2 Å². The fraction of sp³-hybridized carbons (Fsp3) is 0.500. The topological polar surface area (TPSA) is 75.4 Å². The van der Waals surface area contributed by atoms with E-state index in [1.165, 1.54) is 25.3 Å². The molecule has 3 aromatic rings. The number of hydrogen-bond acceptors (Lipinski definition) is 4. The minimum absolute atomic E-state index is 0.0242. The van der Waals surface area contributed by atoms with Gasteiger partial charge in [0.05, 0.1) is 23.7 Å². The summed E-state index contributed by atoms with van der Waals surface area (Å²) >= 11 is 0. The average Bonchev–Trinajstić information content (AvgIpc) is 3.68. The third kappa shape index (κ3) is 5.39. The van der Waals surface area contributed by atoms with Gasteiger partial charge in [0, 0.05) is 19.2 Å². The van der Waals surface area contributed by atoms with Gasteiger partial charge in [-0.3, -0.25) is 9.59 Å². The third-order valence-electron chi connectivity index (χ3n) is 7.89. The SMILES string of the molecule is CC(=O)CN(CCCC1CCC(O)CC1)C(=O)c1nc2c(-c3ccccc3)cc(C3CC3)cc2n1C. The lowest BCUT2D eigenvalue weighted by Crippen LogP contribution is -2.37. The van der Waals surface area contributed by atoms with Crippen molar-refractivity contribution in [3.8, 4) is 11.1 Å². The molecule has 2 aliphatic rings. The molecule has 2 aliphatic carbocycles. The summed E-state index contributed by atoms with van der Waals surface area (Å²) in [4.78, 5) is 32.3. The molecule has 190 valence electrons. The molecule has 0 saturated heterocycles. The molecule has 1 heterocycles. The summed E-state index contributed by atoms with van der Waals surface area (Å²) in [7, 11) is 1.91. The molecule has 1 amide bonds. The monoisotopic (exact) mass is 487 g/mol. The lowest BCUT2D eigenvalue weighted by Gasteiger charge is -2.26. The zero-order valence-electron chi connectivity index (χ0n) is 21.4. The number of Topliss-reactive ketones (excluding diaryl/α,β-unsaturated/α-hetero) is 1. The molecule has 0 bridgehead atoms. The molecule has 6 nitrogen and oxygen atoms in total. The van der Waals surface area contributed by atoms with Crippen LogP contribution in [0.1, 0.15) is 80.4 Å². The van der Waals surface area contributed by atoms with Crippen LogP contribution in [0.3, 0.4) is 0 Å². The van der Waals surface area contributed by atoms with Crippen LogP contribution in [0.4, 0.5) is 0 Å². The summed E-state index contributed by atoms with van der Waals surface area (Å²) in [5, 5.41) is 9.77. The van der Waals surface area contributed by atoms with Gasteiger partial charge in [-0.2, -0.15) is 0 Å². The minimum Gasteiger partial charge on any atom is -0.393 e. The average molecular weight is 488 g/mol. The van der Waals surface area contributed by atoms with Crippen LogP contribution in [0, 0.1) is 5.92 Å². The number of benzene rings is 2. The molecule has 1 aromatic heterocycles. The van der Waals surface area contributed by atoms with Crippen LogP contribution < -0.4 is 0 Å². The minimum atomic E-state index is -0.185. The van der Waals surface area contributed by atoms with E-state index in [-0.39, 0.29) is 24.3 Å². The van der Waals surface area contributed by atoms with Crippen molar-refractivity contribution in [2.24, 2.45) is 13.0 Å². The molecule has 0 aliphatic heterocycles. The van der Waals surface area contributed by atoms with Gasteiger partial charge in [-0.15, -0.1) is 0 Å². The van der Waals surface area contributed by atoms with Crippen molar-refractivity contribution in [2.75, 3.05) is 13.1 Å². The first kappa shape index (κ1) is 24.7. The van der Waals surface area contributed by atoms with Crippen LogP contribution in [0.5, 0.6) is 0 Å². The summed E-state index contributed by atoms with van der Waals surface area (Å²) in [6.07, 6.45) is 7.93. The molecule has 0 spiro atoms. The number of ketones is 1. The number of amides is 1. The maximum atomic E-state index is 13.7. The number of imidazole rings is 1. The van der Waals surface area contributed by atoms with Gasteiger partial charge in [-0.25, -0.2) is 4.98 Å². The summed E-state index contributed by atoms with van der Waals surface area (Å²) in [5.74, 6) is 1.35. The maximum absolute atomic E-state index is 13.7. The molecule has 1 N–H and O–H groups in total. The number of aryl methyl sites for hydroxylation is 1. The van der Waals surface area contributed by atoms with Gasteiger partial charge in [0.15, 0.2) is 5.82 Å². The first-order valence-corrected chi connectivity index (χ1v) is 13.4. The summed E-state index contributed by atoms with van der Waals surface area (Å²) in [5.41, 5.74) is 5.26. The van der Waals surface area contributed by atoms with Crippen molar-refractivity contribution < 1.29 is 14.7 Å². The lowest BCUT2D eigenvalue weighted by molar-refractivity contribution is -0.117. The number of rotatable bonds is 9. The molecule has 2 saturated carbocycles. The maximum Gasteiger partial charge on any atom is 0.290 e. The Kier molecular flexibility index (Phi) is 7.24. The Hall–Kier alpha value is -2.99. The van der Waals surface area contributed by atoms with E-state index in [4.69, 9.17) is 4.98 Å². The van der Waals surface area contributed by atoms with Crippen molar-refractivity contribution in [1.29, 1.82) is 0 Å². The number of carbonyl (C=O) groups excluding carboxylic acids is 2. The Labute approximate surface area is 213 Å². The molecule has 0 atom stereocenters. The number of fused-ring (bicyclic) bond motifs is 1. The van der Waals surface area contributed by atoms with Crippen LogP contribution in [-0.2, 0) is 11.8 Å². The van der Waals surface area contributed by atoms with Gasteiger partial charge >= 0.3 is 0 Å². The van der Waals surface area contributed by atoms with Gasteiger partial charge in [0.25, 0.3) is 5.91 Å². The highest BCUT2D eigenvalue weighted by atomic mass is 16.3. The number of aliphatic hydroxyl groups is 1. The molecular weight excluding hydrogens is 450 g/mol. The zero-order chi connectivity index (χ0) is 25.2. The van der Waals surface area contributed by atoms with Crippen molar-refractivity contribution in [3.63, 3.8) is 0 Å². The Balaban J connectivity index is 1.42. The van der Waals surface area contributed by atoms with Crippen LogP contribution in [-0.4, -0.2) is 50.4 Å². The van der Waals surface area contributed by atoms with Gasteiger partial charge < -0.3 is 14.6 Å². The number of hydrogen-bond donors (Lipinski definition) is 1. The molecule has 36 heavy (non-hydrogen) atoms. The zero-order valence-corrected chi connectivity index (χ0v) is 21.4. The van der Waals surface area contributed by atoms with E-state index in [1.807, 2.05) is 29.8 Å². The second-order valence-electron chi connectivity index (χ2n) is 10.8. The standard InChI is InChI=1S/C30H37N3O3/c1-20(34)19-33(16-6-7-21-10-14-25(35)15-11-21)30(36)29-31-28-26(23-8-4-3-5-9-23)17-24(22-12-13-22)18-27(28)32(29)2/h3-5,8-9,17-18,21-22,25,35H,6-7,10-16,19H2,1-2H3. The number of aliphatic hydroxyl groups excluding tert-OH is 1. The van der Waals surface area contributed by atoms with Crippen molar-refractivity contribution in [2.45, 2.75) is 70.3 Å². The van der Waals surface area contributed by atoms with E-state index < -0.39 is 0 Å². The molecule has 5 rings (SSSR count). The summed E-state index contributed by atoms with van der Waals surface area (Å²) in [6.45, 7) is 2.18. The van der Waals surface area contributed by atoms with Gasteiger partial charge in [-0.1, -0.05) is 30.3 Å². The number of carbonyl (C=O) groups is 2. The molecular formula is C30H37N3O3. The van der Waals surface area contributed by atoms with Gasteiger partial charge in [0.1, 0.15) is 5.78 Å². The fourth-order valence-corrected chi connectivity index (χ4v) is 5.66. The predicted octanol–water partition coefficient (Wildman–Crippen LogP) is 5.48. The fourth-order valence-electron chi connectivity index (χ4n) is 5.66. The second kappa shape index (κ2) is 10.6. The highest BCUT2D eigenvalue weighted by Gasteiger charge is 2.28. The lowest BCUT2D eigenvalue weighted by atomic mass is 9.84. The summed E-state index contributed by atoms with van der Waals surface area (Å²) in [6, 6.07) is 14.7. The number of nitrogens with zero attached hydrogens (tertiary/aromatic N) is 3. The first-order chi connectivity index (χ1) is 17.4. The second-order valence-corrected chi connectivity index (χ2v) is 10.8. The highest BCUT2D eigenvalue weighted by Crippen LogP contribution is 2.43. The highest BCUT2D eigenvalue weighted by molar-refractivity contribution is 6.00. The Morgan fingerprint density at radius 1 is 1.06 bits per heavy atom. The quantitative estimate of drug-likeness (QED) is 0.434. The smallest absolute Gasteiger partial charge is 0.290 e. The van der Waals surface area contributed by atoms with Crippen molar-refractivity contribution in [1.82, 2.24) is 14.5 Å². The summed E-state index contributed by atoms with van der Waals surface area (Å²) < 4.78 is 1.91. The molecule has 0 radical (unpaired) electrons. The predicted molar refractivity (Wildman–Crippen MR) is 142 cm³/mol. The van der Waals surface area contributed by atoms with Crippen LogP contribution in [0.2, 0.25) is 0 Å². The van der Waals surface area contributed by atoms with Crippen molar-refractivity contribution in [3.05, 3.63) is 53.9 Å². The molecule has 0 unspecified atom stereocenters. The third-order valence-corrected chi connectivity index (χ3v) is 7.89. The molecule has 6 heteroatoms. The van der Waals surface area contributed by atoms with E-state index >= 15 is 0 Å². The number of aromatic nitrogens is 2. The Morgan fingerprint density at radius 3 is 2.44 bits per heavy atom. The first-order valence-electron chi connectivity index (χ1n) is 13.4. The Bertz CT molecular complexity index is 1240. The van der Waals surface area contributed by atoms with E-state index in [1.54, 1.807) is 4.90 Å².